The van der Waals surface area contributed by atoms with Gasteiger partial charge in [-0.05, 0) is 56.2 Å². The number of carbonyl (C=O) groups is 2. The predicted octanol–water partition coefficient (Wildman–Crippen LogP) is 3.45. The van der Waals surface area contributed by atoms with Gasteiger partial charge in [0.2, 0.25) is 5.91 Å². The van der Waals surface area contributed by atoms with Crippen LogP contribution in [0.25, 0.3) is 0 Å². The highest BCUT2D eigenvalue weighted by atomic mass is 16.2. The molecule has 0 radical (unpaired) electrons. The Morgan fingerprint density at radius 2 is 1.57 bits per heavy atom. The van der Waals surface area contributed by atoms with Gasteiger partial charge in [-0.2, -0.15) is 0 Å². The first-order valence-corrected chi connectivity index (χ1v) is 7.46. The quantitative estimate of drug-likeness (QED) is 0.809. The SMILES string of the molecule is Cc1ccc(NC(=O)C(C)NC(=O)Nc2ccccc2)cc1C. The number of aryl methyl sites for hydroxylation is 2. The number of urea groups is 1. The molecule has 0 saturated heterocycles. The van der Waals surface area contributed by atoms with Crippen LogP contribution in [0.3, 0.4) is 0 Å². The van der Waals surface area contributed by atoms with Gasteiger partial charge in [-0.1, -0.05) is 24.3 Å². The van der Waals surface area contributed by atoms with Crippen molar-refractivity contribution in [2.75, 3.05) is 10.6 Å². The summed E-state index contributed by atoms with van der Waals surface area (Å²) >= 11 is 0. The van der Waals surface area contributed by atoms with Crippen molar-refractivity contribution < 1.29 is 9.59 Å². The Morgan fingerprint density at radius 3 is 2.22 bits per heavy atom. The molecule has 0 spiro atoms. The van der Waals surface area contributed by atoms with Crippen molar-refractivity contribution >= 4 is 23.3 Å². The van der Waals surface area contributed by atoms with Gasteiger partial charge in [0.05, 0.1) is 0 Å². The second kappa shape index (κ2) is 7.45. The molecule has 120 valence electrons. The van der Waals surface area contributed by atoms with Crippen LogP contribution in [0.4, 0.5) is 16.2 Å². The smallest absolute Gasteiger partial charge is 0.319 e. The molecule has 23 heavy (non-hydrogen) atoms. The van der Waals surface area contributed by atoms with Crippen LogP contribution in [0.15, 0.2) is 48.5 Å². The number of anilines is 2. The van der Waals surface area contributed by atoms with Crippen molar-refractivity contribution in [3.05, 3.63) is 59.7 Å². The minimum Gasteiger partial charge on any atom is -0.326 e. The molecule has 0 saturated carbocycles. The number of benzene rings is 2. The largest absolute Gasteiger partial charge is 0.326 e. The average Bonchev–Trinajstić information content (AvgIpc) is 2.51. The molecule has 0 aromatic heterocycles. The van der Waals surface area contributed by atoms with Crippen molar-refractivity contribution in [2.45, 2.75) is 26.8 Å². The second-order valence-corrected chi connectivity index (χ2v) is 5.47. The number of hydrogen-bond donors (Lipinski definition) is 3. The van der Waals surface area contributed by atoms with Crippen molar-refractivity contribution in [3.63, 3.8) is 0 Å². The summed E-state index contributed by atoms with van der Waals surface area (Å²) in [6, 6.07) is 13.7. The standard InChI is InChI=1S/C18H21N3O2/c1-12-9-10-16(11-13(12)2)20-17(22)14(3)19-18(23)21-15-7-5-4-6-8-15/h4-11,14H,1-3H3,(H,20,22)(H2,19,21,23). The Bertz CT molecular complexity index is 699. The second-order valence-electron chi connectivity index (χ2n) is 5.47. The molecule has 5 heteroatoms. The van der Waals surface area contributed by atoms with Gasteiger partial charge in [-0.3, -0.25) is 4.79 Å². The van der Waals surface area contributed by atoms with Gasteiger partial charge < -0.3 is 16.0 Å². The van der Waals surface area contributed by atoms with Crippen LogP contribution in [0.1, 0.15) is 18.1 Å². The summed E-state index contributed by atoms with van der Waals surface area (Å²) in [4.78, 5) is 24.0. The molecule has 3 N–H and O–H groups in total. The number of para-hydroxylation sites is 1. The fourth-order valence-corrected chi connectivity index (χ4v) is 2.02. The van der Waals surface area contributed by atoms with Crippen molar-refractivity contribution in [1.29, 1.82) is 0 Å². The van der Waals surface area contributed by atoms with Crippen LogP contribution in [0.2, 0.25) is 0 Å². The van der Waals surface area contributed by atoms with Gasteiger partial charge in [0.15, 0.2) is 0 Å². The maximum absolute atomic E-state index is 12.1. The van der Waals surface area contributed by atoms with E-state index in [4.69, 9.17) is 0 Å². The van der Waals surface area contributed by atoms with Gasteiger partial charge in [-0.25, -0.2) is 4.79 Å². The lowest BCUT2D eigenvalue weighted by Gasteiger charge is -2.15. The number of nitrogens with one attached hydrogen (secondary N) is 3. The highest BCUT2D eigenvalue weighted by Gasteiger charge is 2.15. The summed E-state index contributed by atoms with van der Waals surface area (Å²) in [7, 11) is 0. The molecule has 0 aliphatic carbocycles. The minimum absolute atomic E-state index is 0.267. The van der Waals surface area contributed by atoms with E-state index in [0.29, 0.717) is 5.69 Å². The summed E-state index contributed by atoms with van der Waals surface area (Å²) in [5.74, 6) is -0.267. The average molecular weight is 311 g/mol. The first-order chi connectivity index (χ1) is 11.0. The molecule has 0 bridgehead atoms. The van der Waals surface area contributed by atoms with Crippen molar-refractivity contribution in [1.82, 2.24) is 5.32 Å². The Labute approximate surface area is 136 Å². The van der Waals surface area contributed by atoms with E-state index >= 15 is 0 Å². The van der Waals surface area contributed by atoms with E-state index in [2.05, 4.69) is 16.0 Å². The maximum Gasteiger partial charge on any atom is 0.319 e. The molecule has 2 rings (SSSR count). The van der Waals surface area contributed by atoms with Gasteiger partial charge in [0, 0.05) is 11.4 Å². The highest BCUT2D eigenvalue weighted by molar-refractivity contribution is 5.99. The molecule has 1 unspecified atom stereocenters. The van der Waals surface area contributed by atoms with Crippen LogP contribution in [-0.2, 0) is 4.79 Å². The van der Waals surface area contributed by atoms with Crippen molar-refractivity contribution in [2.24, 2.45) is 0 Å². The lowest BCUT2D eigenvalue weighted by molar-refractivity contribution is -0.117. The molecule has 0 heterocycles. The maximum atomic E-state index is 12.1. The minimum atomic E-state index is -0.652. The number of carbonyl (C=O) groups excluding carboxylic acids is 2. The summed E-state index contributed by atoms with van der Waals surface area (Å²) in [6.45, 7) is 5.64. The Morgan fingerprint density at radius 1 is 0.870 bits per heavy atom. The lowest BCUT2D eigenvalue weighted by Crippen LogP contribution is -2.43. The molecule has 3 amide bonds. The molecule has 1 atom stereocenters. The zero-order valence-electron chi connectivity index (χ0n) is 13.5. The topological polar surface area (TPSA) is 70.2 Å². The lowest BCUT2D eigenvalue weighted by atomic mass is 10.1. The van der Waals surface area contributed by atoms with E-state index in [9.17, 15) is 9.59 Å². The molecule has 2 aromatic rings. The monoisotopic (exact) mass is 311 g/mol. The van der Waals surface area contributed by atoms with Crippen LogP contribution < -0.4 is 16.0 Å². The predicted molar refractivity (Wildman–Crippen MR) is 92.6 cm³/mol. The van der Waals surface area contributed by atoms with Gasteiger partial charge in [-0.15, -0.1) is 0 Å². The van der Waals surface area contributed by atoms with E-state index in [0.717, 1.165) is 16.8 Å². The van der Waals surface area contributed by atoms with Gasteiger partial charge in [0.1, 0.15) is 6.04 Å². The highest BCUT2D eigenvalue weighted by Crippen LogP contribution is 2.14. The van der Waals surface area contributed by atoms with E-state index in [1.165, 1.54) is 0 Å². The molecule has 5 nitrogen and oxygen atoms in total. The van der Waals surface area contributed by atoms with Gasteiger partial charge >= 0.3 is 6.03 Å². The summed E-state index contributed by atoms with van der Waals surface area (Å²) < 4.78 is 0. The van der Waals surface area contributed by atoms with E-state index < -0.39 is 12.1 Å². The Kier molecular flexibility index (Phi) is 5.36. The summed E-state index contributed by atoms with van der Waals surface area (Å²) in [6.07, 6.45) is 0. The summed E-state index contributed by atoms with van der Waals surface area (Å²) in [5, 5.41) is 8.09. The van der Waals surface area contributed by atoms with Crippen LogP contribution in [-0.4, -0.2) is 18.0 Å². The van der Waals surface area contributed by atoms with Crippen LogP contribution >= 0.6 is 0 Å². The third-order valence-electron chi connectivity index (χ3n) is 3.55. The molecule has 0 fully saturated rings. The number of rotatable bonds is 4. The van der Waals surface area contributed by atoms with Crippen LogP contribution in [0.5, 0.6) is 0 Å². The Hall–Kier alpha value is -2.82. The van der Waals surface area contributed by atoms with Crippen LogP contribution in [0, 0.1) is 13.8 Å². The molecule has 0 aliphatic rings. The fourth-order valence-electron chi connectivity index (χ4n) is 2.02. The number of amides is 3. The Balaban J connectivity index is 1.89. The first-order valence-electron chi connectivity index (χ1n) is 7.46. The first kappa shape index (κ1) is 16.5. The summed E-state index contributed by atoms with van der Waals surface area (Å²) in [5.41, 5.74) is 3.66. The van der Waals surface area contributed by atoms with Gasteiger partial charge in [0.25, 0.3) is 0 Å². The molecular formula is C18H21N3O2. The molecule has 2 aromatic carbocycles. The third-order valence-corrected chi connectivity index (χ3v) is 3.55. The molecule has 0 aliphatic heterocycles. The fraction of sp³-hybridized carbons (Fsp3) is 0.222. The zero-order chi connectivity index (χ0) is 16.8. The normalized spacial score (nSPS) is 11.4. The van der Waals surface area contributed by atoms with E-state index in [1.807, 2.05) is 50.2 Å². The molecular weight excluding hydrogens is 290 g/mol. The van der Waals surface area contributed by atoms with E-state index in [-0.39, 0.29) is 5.91 Å². The zero-order valence-corrected chi connectivity index (χ0v) is 13.5. The van der Waals surface area contributed by atoms with E-state index in [1.54, 1.807) is 19.1 Å². The number of hydrogen-bond acceptors (Lipinski definition) is 2. The third kappa shape index (κ3) is 4.85. The van der Waals surface area contributed by atoms with Crippen molar-refractivity contribution in [3.8, 4) is 0 Å².